The van der Waals surface area contributed by atoms with Crippen molar-refractivity contribution in [3.8, 4) is 0 Å². The van der Waals surface area contributed by atoms with E-state index in [0.717, 1.165) is 24.5 Å². The summed E-state index contributed by atoms with van der Waals surface area (Å²) in [4.78, 5) is 8.88. The Morgan fingerprint density at radius 2 is 2.31 bits per heavy atom. The maximum atomic E-state index is 9.33. The van der Waals surface area contributed by atoms with Crippen molar-refractivity contribution >= 4 is 11.7 Å². The van der Waals surface area contributed by atoms with Crippen LogP contribution in [0, 0.1) is 0 Å². The lowest BCUT2D eigenvalue weighted by Gasteiger charge is -2.24. The van der Waals surface area contributed by atoms with E-state index >= 15 is 0 Å². The Kier molecular flexibility index (Phi) is 2.09. The molecule has 5 heteroatoms. The number of aromatic nitrogens is 1. The van der Waals surface area contributed by atoms with Gasteiger partial charge in [0.2, 0.25) is 5.90 Å². The SMILES string of the molecule is OC1=NN2CCC(c3ccccn3)N=C2C1. The number of rotatable bonds is 1. The first-order chi connectivity index (χ1) is 7.83. The number of hydrogen-bond donors (Lipinski definition) is 1. The van der Waals surface area contributed by atoms with Gasteiger partial charge in [-0.05, 0) is 18.6 Å². The Hall–Kier alpha value is -1.91. The van der Waals surface area contributed by atoms with Gasteiger partial charge in [0.25, 0.3) is 0 Å². The lowest BCUT2D eigenvalue weighted by atomic mass is 10.1. The van der Waals surface area contributed by atoms with Gasteiger partial charge >= 0.3 is 0 Å². The Labute approximate surface area is 93.1 Å². The molecule has 0 amide bonds. The van der Waals surface area contributed by atoms with E-state index < -0.39 is 0 Å². The summed E-state index contributed by atoms with van der Waals surface area (Å²) in [6.45, 7) is 0.796. The average Bonchev–Trinajstić information content (AvgIpc) is 2.69. The molecule has 2 aliphatic rings. The lowest BCUT2D eigenvalue weighted by molar-refractivity contribution is 0.381. The molecule has 0 saturated carbocycles. The first-order valence-corrected chi connectivity index (χ1v) is 5.34. The molecule has 1 atom stereocenters. The molecule has 1 aromatic rings. The van der Waals surface area contributed by atoms with Gasteiger partial charge in [0.1, 0.15) is 5.84 Å². The van der Waals surface area contributed by atoms with Crippen LogP contribution in [0.15, 0.2) is 34.5 Å². The van der Waals surface area contributed by atoms with E-state index in [1.807, 2.05) is 18.2 Å². The molecule has 1 aromatic heterocycles. The second-order valence-electron chi connectivity index (χ2n) is 3.92. The molecule has 1 N–H and O–H groups in total. The van der Waals surface area contributed by atoms with E-state index in [1.54, 1.807) is 11.2 Å². The fraction of sp³-hybridized carbons (Fsp3) is 0.364. The van der Waals surface area contributed by atoms with Crippen molar-refractivity contribution < 1.29 is 5.11 Å². The van der Waals surface area contributed by atoms with Gasteiger partial charge in [-0.2, -0.15) is 0 Å². The largest absolute Gasteiger partial charge is 0.495 e. The third kappa shape index (κ3) is 1.54. The van der Waals surface area contributed by atoms with Crippen LogP contribution in [-0.2, 0) is 0 Å². The molecular weight excluding hydrogens is 204 g/mol. The van der Waals surface area contributed by atoms with Crippen molar-refractivity contribution in [3.05, 3.63) is 30.1 Å². The van der Waals surface area contributed by atoms with Crippen LogP contribution in [0.3, 0.4) is 0 Å². The van der Waals surface area contributed by atoms with E-state index in [0.29, 0.717) is 6.42 Å². The minimum atomic E-state index is 0.105. The van der Waals surface area contributed by atoms with Crippen molar-refractivity contribution in [2.24, 2.45) is 10.1 Å². The Morgan fingerprint density at radius 3 is 3.12 bits per heavy atom. The number of nitrogens with zero attached hydrogens (tertiary/aromatic N) is 4. The van der Waals surface area contributed by atoms with Gasteiger partial charge in [0.15, 0.2) is 0 Å². The molecule has 0 bridgehead atoms. The zero-order chi connectivity index (χ0) is 11.0. The van der Waals surface area contributed by atoms with Crippen LogP contribution in [0.2, 0.25) is 0 Å². The van der Waals surface area contributed by atoms with Crippen molar-refractivity contribution in [2.75, 3.05) is 6.54 Å². The maximum absolute atomic E-state index is 9.33. The molecular formula is C11H12N4O. The number of aliphatic hydroxyl groups is 1. The molecule has 2 aliphatic heterocycles. The number of aliphatic imine (C=N–C) groups is 1. The minimum Gasteiger partial charge on any atom is -0.495 e. The van der Waals surface area contributed by atoms with Crippen LogP contribution in [0.1, 0.15) is 24.6 Å². The molecule has 0 spiro atoms. The van der Waals surface area contributed by atoms with E-state index in [2.05, 4.69) is 15.1 Å². The maximum Gasteiger partial charge on any atom is 0.211 e. The van der Waals surface area contributed by atoms with Crippen LogP contribution >= 0.6 is 0 Å². The number of aliphatic hydroxyl groups excluding tert-OH is 1. The normalized spacial score (nSPS) is 23.8. The van der Waals surface area contributed by atoms with Gasteiger partial charge in [-0.3, -0.25) is 9.98 Å². The van der Waals surface area contributed by atoms with Crippen molar-refractivity contribution in [1.29, 1.82) is 0 Å². The Morgan fingerprint density at radius 1 is 1.38 bits per heavy atom. The fourth-order valence-electron chi connectivity index (χ4n) is 2.03. The van der Waals surface area contributed by atoms with Crippen molar-refractivity contribution in [1.82, 2.24) is 9.99 Å². The summed E-state index contributed by atoms with van der Waals surface area (Å²) in [6.07, 6.45) is 3.12. The highest BCUT2D eigenvalue weighted by molar-refractivity contribution is 6.03. The third-order valence-corrected chi connectivity index (χ3v) is 2.80. The van der Waals surface area contributed by atoms with Crippen molar-refractivity contribution in [2.45, 2.75) is 18.9 Å². The predicted octanol–water partition coefficient (Wildman–Crippen LogP) is 1.50. The number of pyridine rings is 1. The predicted molar refractivity (Wildman–Crippen MR) is 60.4 cm³/mol. The molecule has 0 saturated heterocycles. The van der Waals surface area contributed by atoms with E-state index in [9.17, 15) is 5.11 Å². The highest BCUT2D eigenvalue weighted by atomic mass is 16.3. The van der Waals surface area contributed by atoms with Gasteiger partial charge in [-0.1, -0.05) is 6.07 Å². The van der Waals surface area contributed by atoms with Crippen LogP contribution in [0.4, 0.5) is 0 Å². The highest BCUT2D eigenvalue weighted by Crippen LogP contribution is 2.27. The van der Waals surface area contributed by atoms with Gasteiger partial charge < -0.3 is 5.11 Å². The van der Waals surface area contributed by atoms with Gasteiger partial charge in [0, 0.05) is 12.7 Å². The summed E-state index contributed by atoms with van der Waals surface area (Å²) < 4.78 is 0. The molecule has 0 radical (unpaired) electrons. The molecule has 0 aliphatic carbocycles. The minimum absolute atomic E-state index is 0.105. The third-order valence-electron chi connectivity index (χ3n) is 2.80. The number of amidine groups is 1. The number of hydrazone groups is 1. The quantitative estimate of drug-likeness (QED) is 0.773. The molecule has 16 heavy (non-hydrogen) atoms. The van der Waals surface area contributed by atoms with Crippen LogP contribution < -0.4 is 0 Å². The summed E-state index contributed by atoms with van der Waals surface area (Å²) in [6, 6.07) is 5.96. The molecule has 82 valence electrons. The molecule has 3 heterocycles. The van der Waals surface area contributed by atoms with Gasteiger partial charge in [0.05, 0.1) is 18.2 Å². The second kappa shape index (κ2) is 3.59. The van der Waals surface area contributed by atoms with E-state index in [-0.39, 0.29) is 11.9 Å². The zero-order valence-corrected chi connectivity index (χ0v) is 8.74. The molecule has 0 fully saturated rings. The van der Waals surface area contributed by atoms with Crippen molar-refractivity contribution in [3.63, 3.8) is 0 Å². The summed E-state index contributed by atoms with van der Waals surface area (Å²) >= 11 is 0. The van der Waals surface area contributed by atoms with Crippen LogP contribution in [0.5, 0.6) is 0 Å². The molecule has 0 aromatic carbocycles. The fourth-order valence-corrected chi connectivity index (χ4v) is 2.03. The standard InChI is InChI=1S/C11H12N4O/c16-11-7-10-13-9(4-6-15(10)14-11)8-3-1-2-5-12-8/h1-3,5,9H,4,6-7H2,(H,14,16). The number of fused-ring (bicyclic) bond motifs is 1. The van der Waals surface area contributed by atoms with Gasteiger partial charge in [-0.25, -0.2) is 5.01 Å². The summed E-state index contributed by atoms with van der Waals surface area (Å²) in [5.41, 5.74) is 0.987. The first kappa shape index (κ1) is 9.33. The van der Waals surface area contributed by atoms with Gasteiger partial charge in [-0.15, -0.1) is 5.10 Å². The van der Waals surface area contributed by atoms with E-state index in [4.69, 9.17) is 0 Å². The highest BCUT2D eigenvalue weighted by Gasteiger charge is 2.28. The number of hydrogen-bond acceptors (Lipinski definition) is 4. The topological polar surface area (TPSA) is 61.1 Å². The smallest absolute Gasteiger partial charge is 0.211 e. The molecule has 1 unspecified atom stereocenters. The lowest BCUT2D eigenvalue weighted by Crippen LogP contribution is -2.29. The Bertz CT molecular complexity index is 454. The monoisotopic (exact) mass is 216 g/mol. The first-order valence-electron chi connectivity index (χ1n) is 5.34. The summed E-state index contributed by atoms with van der Waals surface area (Å²) in [7, 11) is 0. The average molecular weight is 216 g/mol. The van der Waals surface area contributed by atoms with E-state index in [1.165, 1.54) is 0 Å². The second-order valence-corrected chi connectivity index (χ2v) is 3.92. The van der Waals surface area contributed by atoms with Crippen LogP contribution in [0.25, 0.3) is 0 Å². The molecule has 3 rings (SSSR count). The summed E-state index contributed by atoms with van der Waals surface area (Å²) in [5, 5.41) is 15.1. The van der Waals surface area contributed by atoms with Crippen LogP contribution in [-0.4, -0.2) is 33.4 Å². The zero-order valence-electron chi connectivity index (χ0n) is 8.74. The Balaban J connectivity index is 1.87. The summed E-state index contributed by atoms with van der Waals surface area (Å²) in [5.74, 6) is 1.000. The molecule has 5 nitrogen and oxygen atoms in total.